The van der Waals surface area contributed by atoms with Crippen LogP contribution in [-0.4, -0.2) is 12.1 Å². The van der Waals surface area contributed by atoms with E-state index in [2.05, 4.69) is 31.9 Å². The van der Waals surface area contributed by atoms with Gasteiger partial charge in [-0.2, -0.15) is 0 Å². The Labute approximate surface area is 97.5 Å². The first kappa shape index (κ1) is 11.2. The Bertz CT molecular complexity index is 300. The number of carbonyl (C=O) groups is 1. The van der Waals surface area contributed by atoms with Gasteiger partial charge in [-0.25, -0.2) is 4.79 Å². The molecule has 0 radical (unpaired) electrons. The van der Waals surface area contributed by atoms with Crippen molar-refractivity contribution in [2.45, 2.75) is 20.0 Å². The molecule has 0 aliphatic heterocycles. The van der Waals surface area contributed by atoms with Crippen molar-refractivity contribution >= 4 is 49.2 Å². The van der Waals surface area contributed by atoms with Crippen molar-refractivity contribution in [3.8, 4) is 0 Å². The summed E-state index contributed by atoms with van der Waals surface area (Å²) in [6, 6.07) is 1.75. The van der Waals surface area contributed by atoms with Gasteiger partial charge in [-0.15, -0.1) is 11.3 Å². The third-order valence-electron chi connectivity index (χ3n) is 1.19. The fraction of sp³-hybridized carbons (Fsp3) is 0.375. The van der Waals surface area contributed by atoms with E-state index in [1.165, 1.54) is 11.3 Å². The summed E-state index contributed by atoms with van der Waals surface area (Å²) in [5.41, 5.74) is 0. The minimum Gasteiger partial charge on any atom is -0.459 e. The lowest BCUT2D eigenvalue weighted by atomic mass is 10.4. The van der Waals surface area contributed by atoms with Crippen molar-refractivity contribution in [1.29, 1.82) is 0 Å². The van der Waals surface area contributed by atoms with Crippen molar-refractivity contribution in [1.82, 2.24) is 0 Å². The van der Waals surface area contributed by atoms with Gasteiger partial charge in [-0.05, 0) is 51.8 Å². The molecule has 0 amide bonds. The van der Waals surface area contributed by atoms with Crippen LogP contribution in [0, 0.1) is 0 Å². The predicted molar refractivity (Wildman–Crippen MR) is 60.3 cm³/mol. The molecule has 1 aromatic heterocycles. The van der Waals surface area contributed by atoms with Crippen LogP contribution < -0.4 is 0 Å². The van der Waals surface area contributed by atoms with Crippen molar-refractivity contribution < 1.29 is 9.53 Å². The molecule has 0 unspecified atom stereocenters. The third kappa shape index (κ3) is 3.07. The molecular weight excluding hydrogens is 320 g/mol. The molecule has 13 heavy (non-hydrogen) atoms. The van der Waals surface area contributed by atoms with Crippen molar-refractivity contribution in [3.63, 3.8) is 0 Å². The fourth-order valence-corrected chi connectivity index (χ4v) is 2.64. The van der Waals surface area contributed by atoms with E-state index in [4.69, 9.17) is 4.74 Å². The van der Waals surface area contributed by atoms with Crippen LogP contribution in [0.25, 0.3) is 0 Å². The van der Waals surface area contributed by atoms with E-state index in [1.54, 1.807) is 6.07 Å². The van der Waals surface area contributed by atoms with Crippen LogP contribution in [0.1, 0.15) is 23.5 Å². The SMILES string of the molecule is CC(C)OC(=O)c1cc(Br)c(Br)s1. The van der Waals surface area contributed by atoms with Gasteiger partial charge in [-0.1, -0.05) is 0 Å². The van der Waals surface area contributed by atoms with Crippen LogP contribution in [0.15, 0.2) is 14.3 Å². The Morgan fingerprint density at radius 3 is 2.54 bits per heavy atom. The summed E-state index contributed by atoms with van der Waals surface area (Å²) in [7, 11) is 0. The average molecular weight is 328 g/mol. The second-order valence-electron chi connectivity index (χ2n) is 2.69. The van der Waals surface area contributed by atoms with Gasteiger partial charge < -0.3 is 4.74 Å². The molecule has 0 saturated carbocycles. The van der Waals surface area contributed by atoms with Gasteiger partial charge in [0.25, 0.3) is 0 Å². The number of esters is 1. The molecule has 2 nitrogen and oxygen atoms in total. The summed E-state index contributed by atoms with van der Waals surface area (Å²) in [4.78, 5) is 12.0. The average Bonchev–Trinajstić information content (AvgIpc) is 2.31. The maximum absolute atomic E-state index is 11.4. The zero-order valence-corrected chi connectivity index (χ0v) is 11.1. The van der Waals surface area contributed by atoms with E-state index >= 15 is 0 Å². The molecule has 0 bridgehead atoms. The highest BCUT2D eigenvalue weighted by atomic mass is 79.9. The Hall–Kier alpha value is 0.130. The Balaban J connectivity index is 2.77. The highest BCUT2D eigenvalue weighted by molar-refractivity contribution is 9.13. The lowest BCUT2D eigenvalue weighted by Crippen LogP contribution is -2.09. The van der Waals surface area contributed by atoms with Crippen LogP contribution in [0.5, 0.6) is 0 Å². The molecule has 1 rings (SSSR count). The summed E-state index contributed by atoms with van der Waals surface area (Å²) in [6.45, 7) is 3.66. The number of thiophene rings is 1. The van der Waals surface area contributed by atoms with Crippen molar-refractivity contribution in [2.75, 3.05) is 0 Å². The molecule has 72 valence electrons. The second-order valence-corrected chi connectivity index (χ2v) is 5.91. The quantitative estimate of drug-likeness (QED) is 0.771. The van der Waals surface area contributed by atoms with Gasteiger partial charge in [0.15, 0.2) is 0 Å². The normalized spacial score (nSPS) is 10.5. The molecular formula is C8H8Br2O2S. The Kier molecular flexibility index (Phi) is 3.94. The Morgan fingerprint density at radius 2 is 2.15 bits per heavy atom. The summed E-state index contributed by atoms with van der Waals surface area (Å²) in [5.74, 6) is -0.272. The molecule has 0 N–H and O–H groups in total. The van der Waals surface area contributed by atoms with Gasteiger partial charge in [0, 0.05) is 4.47 Å². The smallest absolute Gasteiger partial charge is 0.348 e. The molecule has 1 heterocycles. The molecule has 0 atom stereocenters. The first-order valence-electron chi connectivity index (χ1n) is 3.66. The van der Waals surface area contributed by atoms with Crippen LogP contribution in [0.4, 0.5) is 0 Å². The summed E-state index contributed by atoms with van der Waals surface area (Å²) in [5, 5.41) is 0. The molecule has 0 aromatic carbocycles. The molecule has 0 fully saturated rings. The molecule has 5 heteroatoms. The van der Waals surface area contributed by atoms with E-state index in [-0.39, 0.29) is 12.1 Å². The van der Waals surface area contributed by atoms with E-state index in [9.17, 15) is 4.79 Å². The number of rotatable bonds is 2. The molecule has 0 aliphatic carbocycles. The zero-order valence-electron chi connectivity index (χ0n) is 7.14. The fourth-order valence-electron chi connectivity index (χ4n) is 0.719. The van der Waals surface area contributed by atoms with Crippen LogP contribution in [0.2, 0.25) is 0 Å². The monoisotopic (exact) mass is 326 g/mol. The Morgan fingerprint density at radius 1 is 1.54 bits per heavy atom. The van der Waals surface area contributed by atoms with Crippen molar-refractivity contribution in [3.05, 3.63) is 19.2 Å². The first-order chi connectivity index (χ1) is 6.00. The second kappa shape index (κ2) is 4.57. The van der Waals surface area contributed by atoms with E-state index in [1.807, 2.05) is 13.8 Å². The topological polar surface area (TPSA) is 26.3 Å². The van der Waals surface area contributed by atoms with Gasteiger partial charge in [0.05, 0.1) is 9.89 Å². The summed E-state index contributed by atoms with van der Waals surface area (Å²) < 4.78 is 6.82. The number of hydrogen-bond acceptors (Lipinski definition) is 3. The van der Waals surface area contributed by atoms with Crippen molar-refractivity contribution in [2.24, 2.45) is 0 Å². The molecule has 0 spiro atoms. The van der Waals surface area contributed by atoms with Gasteiger partial charge in [0.1, 0.15) is 4.88 Å². The lowest BCUT2D eigenvalue weighted by Gasteiger charge is -2.05. The molecule has 0 saturated heterocycles. The highest BCUT2D eigenvalue weighted by Crippen LogP contribution is 2.32. The van der Waals surface area contributed by atoms with Crippen LogP contribution in [-0.2, 0) is 4.74 Å². The minimum absolute atomic E-state index is 0.0767. The zero-order chi connectivity index (χ0) is 10.0. The molecule has 0 aliphatic rings. The number of halogens is 2. The highest BCUT2D eigenvalue weighted by Gasteiger charge is 2.14. The van der Waals surface area contributed by atoms with Gasteiger partial charge in [0.2, 0.25) is 0 Å². The molecule has 1 aromatic rings. The number of carbonyl (C=O) groups excluding carboxylic acids is 1. The maximum Gasteiger partial charge on any atom is 0.348 e. The number of hydrogen-bond donors (Lipinski definition) is 0. The van der Waals surface area contributed by atoms with Gasteiger partial charge in [-0.3, -0.25) is 0 Å². The minimum atomic E-state index is -0.272. The largest absolute Gasteiger partial charge is 0.459 e. The third-order valence-corrected chi connectivity index (χ3v) is 4.43. The van der Waals surface area contributed by atoms with E-state index < -0.39 is 0 Å². The number of ether oxygens (including phenoxy) is 1. The predicted octanol–water partition coefficient (Wildman–Crippen LogP) is 3.84. The lowest BCUT2D eigenvalue weighted by molar-refractivity contribution is 0.0384. The summed E-state index contributed by atoms with van der Waals surface area (Å²) >= 11 is 7.98. The van der Waals surface area contributed by atoms with Crippen LogP contribution >= 0.6 is 43.2 Å². The summed E-state index contributed by atoms with van der Waals surface area (Å²) in [6.07, 6.45) is -0.0767. The van der Waals surface area contributed by atoms with Crippen LogP contribution in [0.3, 0.4) is 0 Å². The van der Waals surface area contributed by atoms with E-state index in [0.29, 0.717) is 4.88 Å². The van der Waals surface area contributed by atoms with Gasteiger partial charge >= 0.3 is 5.97 Å². The standard InChI is InChI=1S/C8H8Br2O2S/c1-4(2)12-8(11)6-3-5(9)7(10)13-6/h3-4H,1-2H3. The first-order valence-corrected chi connectivity index (χ1v) is 6.06. The van der Waals surface area contributed by atoms with E-state index in [0.717, 1.165) is 8.26 Å². The maximum atomic E-state index is 11.4.